The fraction of sp³-hybridized carbons (Fsp3) is 0.429. The maximum Gasteiger partial charge on any atom is 0.392 e. The molecule has 0 spiro atoms. The first-order chi connectivity index (χ1) is 9.47. The molecular weight excluding hydrogens is 271 g/mol. The highest BCUT2D eigenvalue weighted by atomic mass is 19.4. The van der Waals surface area contributed by atoms with Gasteiger partial charge in [-0.15, -0.1) is 0 Å². The van der Waals surface area contributed by atoms with Gasteiger partial charge in [-0.2, -0.15) is 13.2 Å². The van der Waals surface area contributed by atoms with Crippen molar-refractivity contribution < 1.29 is 22.6 Å². The van der Waals surface area contributed by atoms with Crippen LogP contribution in [0.15, 0.2) is 24.3 Å². The molecule has 20 heavy (non-hydrogen) atoms. The topological polar surface area (TPSA) is 44.5 Å². The van der Waals surface area contributed by atoms with Crippen LogP contribution in [0.25, 0.3) is 5.57 Å². The van der Waals surface area contributed by atoms with E-state index in [1.165, 1.54) is 0 Å². The number of hydrogen-bond acceptors (Lipinski definition) is 3. The van der Waals surface area contributed by atoms with E-state index in [1.54, 1.807) is 18.2 Å². The van der Waals surface area contributed by atoms with Crippen molar-refractivity contribution >= 4 is 11.3 Å². The minimum atomic E-state index is -4.23. The highest BCUT2D eigenvalue weighted by Crippen LogP contribution is 2.35. The number of rotatable bonds is 4. The lowest BCUT2D eigenvalue weighted by Gasteiger charge is -2.19. The van der Waals surface area contributed by atoms with Crippen LogP contribution in [0.1, 0.15) is 18.4 Å². The Kier molecular flexibility index (Phi) is 4.54. The summed E-state index contributed by atoms with van der Waals surface area (Å²) in [6.45, 7) is 0.642. The molecule has 0 fully saturated rings. The Morgan fingerprint density at radius 1 is 1.30 bits per heavy atom. The van der Waals surface area contributed by atoms with Crippen molar-refractivity contribution in [2.45, 2.75) is 19.0 Å². The first-order valence-electron chi connectivity index (χ1n) is 6.32. The average molecular weight is 287 g/mol. The first kappa shape index (κ1) is 14.7. The molecular formula is C14H16F3NO2. The summed E-state index contributed by atoms with van der Waals surface area (Å²) in [6.07, 6.45) is -2.64. The number of anilines is 1. The number of nitrogen functional groups attached to an aromatic ring is 1. The minimum absolute atomic E-state index is 0.324. The zero-order chi connectivity index (χ0) is 14.6. The smallest absolute Gasteiger partial charge is 0.392 e. The Morgan fingerprint density at radius 3 is 2.75 bits per heavy atom. The Bertz CT molecular complexity index is 498. The van der Waals surface area contributed by atoms with Crippen molar-refractivity contribution in [2.75, 3.05) is 25.6 Å². The summed E-state index contributed by atoms with van der Waals surface area (Å²) in [6, 6.07) is 5.18. The van der Waals surface area contributed by atoms with Crippen LogP contribution in [0.3, 0.4) is 0 Å². The molecule has 110 valence electrons. The molecule has 0 aliphatic carbocycles. The minimum Gasteiger partial charge on any atom is -0.490 e. The lowest BCUT2D eigenvalue weighted by atomic mass is 10.00. The third-order valence-corrected chi connectivity index (χ3v) is 2.99. The molecule has 0 atom stereocenters. The van der Waals surface area contributed by atoms with Crippen molar-refractivity contribution in [3.63, 3.8) is 0 Å². The van der Waals surface area contributed by atoms with Crippen LogP contribution in [0.2, 0.25) is 0 Å². The van der Waals surface area contributed by atoms with Gasteiger partial charge in [0.1, 0.15) is 5.75 Å². The van der Waals surface area contributed by atoms with Crippen molar-refractivity contribution in [1.82, 2.24) is 0 Å². The maximum atomic E-state index is 12.2. The molecule has 6 heteroatoms. The molecule has 1 aromatic carbocycles. The van der Waals surface area contributed by atoms with Crippen molar-refractivity contribution in [3.8, 4) is 5.75 Å². The maximum absolute atomic E-state index is 12.2. The second kappa shape index (κ2) is 6.17. The summed E-state index contributed by atoms with van der Waals surface area (Å²) in [5.74, 6) is 0.324. The highest BCUT2D eigenvalue weighted by molar-refractivity contribution is 5.76. The Hall–Kier alpha value is -1.69. The predicted molar refractivity (Wildman–Crippen MR) is 70.4 cm³/mol. The second-order valence-electron chi connectivity index (χ2n) is 4.49. The Labute approximate surface area is 115 Å². The van der Waals surface area contributed by atoms with E-state index in [-0.39, 0.29) is 0 Å². The number of ether oxygens (including phenoxy) is 2. The van der Waals surface area contributed by atoms with E-state index in [0.717, 1.165) is 11.1 Å². The second-order valence-corrected chi connectivity index (χ2v) is 4.49. The fourth-order valence-electron chi connectivity index (χ4n) is 2.01. The van der Waals surface area contributed by atoms with Crippen molar-refractivity contribution in [3.05, 3.63) is 29.8 Å². The van der Waals surface area contributed by atoms with Crippen molar-refractivity contribution in [2.24, 2.45) is 0 Å². The standard InChI is InChI=1S/C14H16F3NO2/c15-14(16,17)6-9-20-13-11(2-1-3-12(13)18)10-4-7-19-8-5-10/h1-4H,5-9,18H2. The molecule has 3 nitrogen and oxygen atoms in total. The summed E-state index contributed by atoms with van der Waals surface area (Å²) in [7, 11) is 0. The molecule has 1 heterocycles. The quantitative estimate of drug-likeness (QED) is 0.863. The molecule has 1 aliphatic rings. The number of alkyl halides is 3. The van der Waals surface area contributed by atoms with E-state index in [1.807, 2.05) is 6.08 Å². The summed E-state index contributed by atoms with van der Waals surface area (Å²) in [5, 5.41) is 0. The van der Waals surface area contributed by atoms with Crippen LogP contribution in [0, 0.1) is 0 Å². The number of nitrogens with two attached hydrogens (primary N) is 1. The molecule has 2 N–H and O–H groups in total. The number of hydrogen-bond donors (Lipinski definition) is 1. The summed E-state index contributed by atoms with van der Waals surface area (Å²) in [5.41, 5.74) is 7.89. The van der Waals surface area contributed by atoms with Gasteiger partial charge in [-0.1, -0.05) is 18.2 Å². The molecule has 0 unspecified atom stereocenters. The molecule has 0 saturated heterocycles. The molecule has 0 aromatic heterocycles. The van der Waals surface area contributed by atoms with Gasteiger partial charge in [-0.25, -0.2) is 0 Å². The summed E-state index contributed by atoms with van der Waals surface area (Å²) in [4.78, 5) is 0. The normalized spacial score (nSPS) is 15.8. The Morgan fingerprint density at radius 2 is 2.10 bits per heavy atom. The van der Waals surface area contributed by atoms with E-state index >= 15 is 0 Å². The van der Waals surface area contributed by atoms with E-state index in [4.69, 9.17) is 15.2 Å². The van der Waals surface area contributed by atoms with Crippen molar-refractivity contribution in [1.29, 1.82) is 0 Å². The molecule has 2 rings (SSSR count). The third-order valence-electron chi connectivity index (χ3n) is 2.99. The average Bonchev–Trinajstić information content (AvgIpc) is 2.40. The molecule has 0 saturated carbocycles. The zero-order valence-electron chi connectivity index (χ0n) is 10.9. The van der Waals surface area contributed by atoms with Gasteiger partial charge in [0.2, 0.25) is 0 Å². The van der Waals surface area contributed by atoms with E-state index in [0.29, 0.717) is 31.1 Å². The first-order valence-corrected chi connectivity index (χ1v) is 6.32. The van der Waals surface area contributed by atoms with E-state index in [2.05, 4.69) is 0 Å². The van der Waals surface area contributed by atoms with Gasteiger partial charge in [-0.05, 0) is 18.1 Å². The molecule has 1 aromatic rings. The lowest BCUT2D eigenvalue weighted by molar-refractivity contribution is -0.139. The van der Waals surface area contributed by atoms with Gasteiger partial charge in [0.05, 0.1) is 31.9 Å². The predicted octanol–water partition coefficient (Wildman–Crippen LogP) is 3.40. The molecule has 0 amide bonds. The van der Waals surface area contributed by atoms with Crippen LogP contribution >= 0.6 is 0 Å². The third kappa shape index (κ3) is 3.90. The fourth-order valence-corrected chi connectivity index (χ4v) is 2.01. The molecule has 0 radical (unpaired) electrons. The van der Waals surface area contributed by atoms with Crippen LogP contribution in [-0.4, -0.2) is 26.0 Å². The van der Waals surface area contributed by atoms with E-state index < -0.39 is 19.2 Å². The van der Waals surface area contributed by atoms with Gasteiger partial charge in [0, 0.05) is 5.56 Å². The molecule has 0 bridgehead atoms. The largest absolute Gasteiger partial charge is 0.490 e. The lowest BCUT2D eigenvalue weighted by Crippen LogP contribution is -2.14. The Balaban J connectivity index is 2.16. The van der Waals surface area contributed by atoms with Gasteiger partial charge in [-0.3, -0.25) is 0 Å². The van der Waals surface area contributed by atoms with Gasteiger partial charge >= 0.3 is 6.18 Å². The summed E-state index contributed by atoms with van der Waals surface area (Å²) >= 11 is 0. The molecule has 1 aliphatic heterocycles. The zero-order valence-corrected chi connectivity index (χ0v) is 10.9. The van der Waals surface area contributed by atoms with Crippen LogP contribution in [0.4, 0.5) is 18.9 Å². The monoisotopic (exact) mass is 287 g/mol. The number of para-hydroxylation sites is 1. The summed E-state index contributed by atoms with van der Waals surface area (Å²) < 4.78 is 47.0. The van der Waals surface area contributed by atoms with Crippen LogP contribution < -0.4 is 10.5 Å². The SMILES string of the molecule is Nc1cccc(C2=CCOCC2)c1OCCC(F)(F)F. The van der Waals surface area contributed by atoms with Gasteiger partial charge in [0.15, 0.2) is 0 Å². The number of halogens is 3. The highest BCUT2D eigenvalue weighted by Gasteiger charge is 2.27. The van der Waals surface area contributed by atoms with Gasteiger partial charge in [0.25, 0.3) is 0 Å². The van der Waals surface area contributed by atoms with Crippen LogP contribution in [0.5, 0.6) is 5.75 Å². The number of benzene rings is 1. The van der Waals surface area contributed by atoms with Crippen LogP contribution in [-0.2, 0) is 4.74 Å². The van der Waals surface area contributed by atoms with Gasteiger partial charge < -0.3 is 15.2 Å². The van der Waals surface area contributed by atoms with E-state index in [9.17, 15) is 13.2 Å².